The Balaban J connectivity index is 1.44. The van der Waals surface area contributed by atoms with Crippen LogP contribution in [0.15, 0.2) is 114 Å². The summed E-state index contributed by atoms with van der Waals surface area (Å²) in [6, 6.07) is 27.8. The molecule has 209 valence electrons. The molecule has 0 aliphatic heterocycles. The van der Waals surface area contributed by atoms with E-state index in [9.17, 15) is 5.11 Å². The Morgan fingerprint density at radius 1 is 0.810 bits per heavy atom. The molecule has 0 atom stereocenters. The highest BCUT2D eigenvalue weighted by Crippen LogP contribution is 2.40. The van der Waals surface area contributed by atoms with Gasteiger partial charge in [0.05, 0.1) is 11.2 Å². The van der Waals surface area contributed by atoms with Crippen LogP contribution in [0.2, 0.25) is 0 Å². The summed E-state index contributed by atoms with van der Waals surface area (Å²) in [5, 5.41) is 12.6. The van der Waals surface area contributed by atoms with Crippen LogP contribution in [0.1, 0.15) is 45.2 Å². The van der Waals surface area contributed by atoms with Gasteiger partial charge < -0.3 is 14.2 Å². The van der Waals surface area contributed by atoms with Crippen molar-refractivity contribution in [3.8, 4) is 22.3 Å². The molecule has 1 aromatic heterocycles. The van der Waals surface area contributed by atoms with Gasteiger partial charge in [-0.1, -0.05) is 91.5 Å². The average Bonchev–Trinajstić information content (AvgIpc) is 3.34. The van der Waals surface area contributed by atoms with Gasteiger partial charge in [0.25, 0.3) is 0 Å². The molecule has 42 heavy (non-hydrogen) atoms. The fourth-order valence-electron chi connectivity index (χ4n) is 5.40. The van der Waals surface area contributed by atoms with Crippen molar-refractivity contribution in [1.82, 2.24) is 0 Å². The summed E-state index contributed by atoms with van der Waals surface area (Å²) in [4.78, 5) is 0. The van der Waals surface area contributed by atoms with Gasteiger partial charge in [-0.3, -0.25) is 0 Å². The van der Waals surface area contributed by atoms with E-state index in [1.807, 2.05) is 32.0 Å². The monoisotopic (exact) mass is 551 g/mol. The number of hydrogen-bond donors (Lipinski definition) is 1. The fourth-order valence-corrected chi connectivity index (χ4v) is 5.40. The Hall–Kier alpha value is -4.12. The zero-order chi connectivity index (χ0) is 29.5. The Bertz CT molecular complexity index is 1860. The molecule has 6 rings (SSSR count). The predicted octanol–water partition coefficient (Wildman–Crippen LogP) is 8.80. The standard InChI is InChI=1S/C38H36BO3/c1-25-13-8-6-7-9-14-26-19-20-27(23-33(26)31-16-11-10-15-29(25)31)30-17-12-18-34-36(30)32-22-21-28(24-35(32)41-34)39-42-38(4,5)37(2,3)40/h6-8,10-13,15-24,40H,1,9,14H2,2-5H3/b7-6-,13-8-. The molecule has 1 aliphatic carbocycles. The van der Waals surface area contributed by atoms with Crippen LogP contribution in [-0.4, -0.2) is 23.8 Å². The maximum absolute atomic E-state index is 10.5. The summed E-state index contributed by atoms with van der Waals surface area (Å²) in [5.74, 6) is 0. The summed E-state index contributed by atoms with van der Waals surface area (Å²) in [7, 11) is 1.70. The first-order valence-electron chi connectivity index (χ1n) is 14.6. The van der Waals surface area contributed by atoms with Crippen molar-refractivity contribution in [1.29, 1.82) is 0 Å². The van der Waals surface area contributed by atoms with E-state index in [2.05, 4.69) is 91.5 Å². The number of benzene rings is 4. The first-order valence-corrected chi connectivity index (χ1v) is 14.6. The largest absolute Gasteiger partial charge is 0.456 e. The minimum Gasteiger partial charge on any atom is -0.456 e. The number of furan rings is 1. The molecule has 4 aromatic carbocycles. The van der Waals surface area contributed by atoms with Gasteiger partial charge in [0.15, 0.2) is 0 Å². The molecule has 4 heteroatoms. The molecule has 0 fully saturated rings. The molecule has 0 saturated heterocycles. The number of aliphatic hydroxyl groups is 1. The molecule has 1 radical (unpaired) electrons. The molecule has 0 saturated carbocycles. The topological polar surface area (TPSA) is 42.6 Å². The van der Waals surface area contributed by atoms with E-state index in [0.717, 1.165) is 62.5 Å². The predicted molar refractivity (Wildman–Crippen MR) is 177 cm³/mol. The maximum atomic E-state index is 10.5. The van der Waals surface area contributed by atoms with Crippen LogP contribution >= 0.6 is 0 Å². The fraction of sp³-hybridized carbons (Fsp3) is 0.211. The highest BCUT2D eigenvalue weighted by molar-refractivity contribution is 6.47. The van der Waals surface area contributed by atoms with E-state index >= 15 is 0 Å². The van der Waals surface area contributed by atoms with Gasteiger partial charge in [0.1, 0.15) is 11.2 Å². The van der Waals surface area contributed by atoms with Gasteiger partial charge in [-0.05, 0) is 103 Å². The van der Waals surface area contributed by atoms with E-state index in [1.54, 1.807) is 21.3 Å². The van der Waals surface area contributed by atoms with Crippen LogP contribution in [-0.2, 0) is 11.1 Å². The van der Waals surface area contributed by atoms with Crippen molar-refractivity contribution in [2.75, 3.05) is 0 Å². The van der Waals surface area contributed by atoms with Crippen molar-refractivity contribution < 1.29 is 14.2 Å². The second-order valence-corrected chi connectivity index (χ2v) is 12.1. The lowest BCUT2D eigenvalue weighted by Gasteiger charge is -2.37. The minimum absolute atomic E-state index is 0.748. The highest BCUT2D eigenvalue weighted by Gasteiger charge is 2.35. The molecule has 1 heterocycles. The average molecular weight is 552 g/mol. The molecule has 0 amide bonds. The Labute approximate surface area is 249 Å². The van der Waals surface area contributed by atoms with Crippen LogP contribution in [0.25, 0.3) is 49.8 Å². The number of allylic oxidation sites excluding steroid dienone is 5. The molecule has 3 nitrogen and oxygen atoms in total. The summed E-state index contributed by atoms with van der Waals surface area (Å²) in [6.07, 6.45) is 10.4. The molecule has 0 spiro atoms. The second-order valence-electron chi connectivity index (χ2n) is 12.1. The van der Waals surface area contributed by atoms with Crippen LogP contribution in [0.5, 0.6) is 0 Å². The number of aryl methyl sites for hydroxylation is 1. The molecular formula is C38H36BO3. The molecule has 5 aromatic rings. The maximum Gasteiger partial charge on any atom is 0.331 e. The number of rotatable bonds is 5. The third kappa shape index (κ3) is 5.29. The van der Waals surface area contributed by atoms with Crippen molar-refractivity contribution in [2.24, 2.45) is 0 Å². The van der Waals surface area contributed by atoms with Crippen LogP contribution in [0.3, 0.4) is 0 Å². The number of hydrogen-bond acceptors (Lipinski definition) is 3. The Kier molecular flexibility index (Phi) is 7.30. The number of fused-ring (bicyclic) bond motifs is 6. The van der Waals surface area contributed by atoms with Crippen molar-refractivity contribution in [3.63, 3.8) is 0 Å². The third-order valence-electron chi connectivity index (χ3n) is 8.59. The molecular weight excluding hydrogens is 515 g/mol. The van der Waals surface area contributed by atoms with Gasteiger partial charge in [-0.15, -0.1) is 0 Å². The Morgan fingerprint density at radius 3 is 2.40 bits per heavy atom. The van der Waals surface area contributed by atoms with Gasteiger partial charge in [-0.2, -0.15) is 0 Å². The van der Waals surface area contributed by atoms with Crippen molar-refractivity contribution in [3.05, 3.63) is 121 Å². The summed E-state index contributed by atoms with van der Waals surface area (Å²) in [5.41, 5.74) is 8.97. The first kappa shape index (κ1) is 28.0. The first-order chi connectivity index (χ1) is 20.1. The van der Waals surface area contributed by atoms with Crippen LogP contribution in [0, 0.1) is 0 Å². The van der Waals surface area contributed by atoms with E-state index in [4.69, 9.17) is 9.07 Å². The molecule has 0 unspecified atom stereocenters. The quantitative estimate of drug-likeness (QED) is 0.222. The van der Waals surface area contributed by atoms with Gasteiger partial charge in [0.2, 0.25) is 0 Å². The van der Waals surface area contributed by atoms with E-state index < -0.39 is 11.2 Å². The smallest absolute Gasteiger partial charge is 0.331 e. The molecule has 1 N–H and O–H groups in total. The molecule has 0 bridgehead atoms. The van der Waals surface area contributed by atoms with Crippen LogP contribution in [0.4, 0.5) is 0 Å². The van der Waals surface area contributed by atoms with Gasteiger partial charge >= 0.3 is 7.48 Å². The van der Waals surface area contributed by atoms with E-state index in [1.165, 1.54) is 16.7 Å². The molecule has 1 aliphatic rings. The summed E-state index contributed by atoms with van der Waals surface area (Å²) >= 11 is 0. The minimum atomic E-state index is -0.992. The lowest BCUT2D eigenvalue weighted by atomic mass is 9.82. The van der Waals surface area contributed by atoms with Crippen molar-refractivity contribution >= 4 is 40.5 Å². The zero-order valence-corrected chi connectivity index (χ0v) is 24.8. The highest BCUT2D eigenvalue weighted by atomic mass is 16.5. The summed E-state index contributed by atoms with van der Waals surface area (Å²) < 4.78 is 12.4. The van der Waals surface area contributed by atoms with Crippen molar-refractivity contribution in [2.45, 2.75) is 51.7 Å². The lowest BCUT2D eigenvalue weighted by Crippen LogP contribution is -2.49. The zero-order valence-electron chi connectivity index (χ0n) is 24.8. The van der Waals surface area contributed by atoms with E-state index in [-0.39, 0.29) is 0 Å². The lowest BCUT2D eigenvalue weighted by molar-refractivity contribution is -0.0893. The van der Waals surface area contributed by atoms with Crippen LogP contribution < -0.4 is 5.46 Å². The van der Waals surface area contributed by atoms with Gasteiger partial charge in [-0.25, -0.2) is 0 Å². The van der Waals surface area contributed by atoms with E-state index in [0.29, 0.717) is 0 Å². The second kappa shape index (κ2) is 10.9. The Morgan fingerprint density at radius 2 is 1.60 bits per heavy atom. The SMILES string of the molecule is C=C1/C=C\C=C/CCc2ccc(-c3cccc4oc5cc([B]OC(C)(C)C(C)(C)O)ccc5c34)cc2-c2ccccc21. The third-order valence-corrected chi connectivity index (χ3v) is 8.59. The normalized spacial score (nSPS) is 15.6. The summed E-state index contributed by atoms with van der Waals surface area (Å²) in [6.45, 7) is 11.6. The van der Waals surface area contributed by atoms with Gasteiger partial charge in [0, 0.05) is 10.8 Å².